The van der Waals surface area contributed by atoms with Gasteiger partial charge in [0.25, 0.3) is 0 Å². The van der Waals surface area contributed by atoms with Crippen LogP contribution in [0.2, 0.25) is 0 Å². The first-order valence-electron chi connectivity index (χ1n) is 13.6. The first-order valence-corrected chi connectivity index (χ1v) is 13.6. The van der Waals surface area contributed by atoms with E-state index in [1.807, 2.05) is 0 Å². The average molecular weight is 456 g/mol. The Hall–Kier alpha value is -2.28. The quantitative estimate of drug-likeness (QED) is 0.265. The summed E-state index contributed by atoms with van der Waals surface area (Å²) in [5, 5.41) is 0. The maximum Gasteiger partial charge on any atom is 0.0491 e. The Morgan fingerprint density at radius 1 is 1.09 bits per heavy atom. The van der Waals surface area contributed by atoms with Crippen LogP contribution in [0.3, 0.4) is 0 Å². The lowest BCUT2D eigenvalue weighted by Crippen LogP contribution is -2.45. The zero-order chi connectivity index (χ0) is 24.6. The molecule has 2 atom stereocenters. The van der Waals surface area contributed by atoms with Crippen LogP contribution in [0.15, 0.2) is 66.4 Å². The summed E-state index contributed by atoms with van der Waals surface area (Å²) in [6.45, 7) is 24.5. The van der Waals surface area contributed by atoms with Crippen molar-refractivity contribution in [2.24, 2.45) is 5.41 Å². The second-order valence-electron chi connectivity index (χ2n) is 11.6. The standard InChI is InChI=1S/C33H45N/c1-9-13-23(5)14-11-12-15-26-20-28-27-16-17-33(7,8)32(27)34-21-30(22(3)4)24(6)18-31(34)29(28)19-25(26)10-2/h18-21,27,32H,3,5-6,9-17H2,1-2,4,7-8H3. The van der Waals surface area contributed by atoms with Crippen LogP contribution in [0.25, 0.3) is 5.70 Å². The Morgan fingerprint density at radius 2 is 1.85 bits per heavy atom. The molecule has 0 bridgehead atoms. The number of benzene rings is 1. The Kier molecular flexibility index (Phi) is 7.13. The number of aryl methyl sites for hydroxylation is 2. The van der Waals surface area contributed by atoms with Gasteiger partial charge in [0.05, 0.1) is 0 Å². The van der Waals surface area contributed by atoms with Gasteiger partial charge in [-0.1, -0.05) is 65.5 Å². The molecular formula is C33H45N. The summed E-state index contributed by atoms with van der Waals surface area (Å²) < 4.78 is 0. The fraction of sp³-hybridized carbons (Fsp3) is 0.515. The van der Waals surface area contributed by atoms with Crippen molar-refractivity contribution in [3.63, 3.8) is 0 Å². The van der Waals surface area contributed by atoms with Gasteiger partial charge < -0.3 is 4.90 Å². The van der Waals surface area contributed by atoms with E-state index in [9.17, 15) is 0 Å². The zero-order valence-electron chi connectivity index (χ0n) is 22.4. The minimum absolute atomic E-state index is 0.278. The SMILES string of the molecule is C=C(CCC)CCCCc1cc2c(cc1CC)C1=CC(=C)C(C(=C)C)=CN1C1C2CCC1(C)C. The highest BCUT2D eigenvalue weighted by molar-refractivity contribution is 5.78. The van der Waals surface area contributed by atoms with E-state index in [0.29, 0.717) is 12.0 Å². The molecular weight excluding hydrogens is 410 g/mol. The first-order chi connectivity index (χ1) is 16.2. The van der Waals surface area contributed by atoms with E-state index >= 15 is 0 Å². The molecule has 1 saturated carbocycles. The second-order valence-corrected chi connectivity index (χ2v) is 11.6. The highest BCUT2D eigenvalue weighted by atomic mass is 15.2. The summed E-state index contributed by atoms with van der Waals surface area (Å²) in [5.74, 6) is 0.588. The van der Waals surface area contributed by atoms with Crippen molar-refractivity contribution in [3.8, 4) is 0 Å². The maximum absolute atomic E-state index is 4.40. The molecule has 0 spiro atoms. The lowest BCUT2D eigenvalue weighted by Gasteiger charge is -2.48. The normalized spacial score (nSPS) is 22.5. The van der Waals surface area contributed by atoms with E-state index in [0.717, 1.165) is 17.6 Å². The monoisotopic (exact) mass is 455 g/mol. The smallest absolute Gasteiger partial charge is 0.0491 e. The fourth-order valence-electron chi connectivity index (χ4n) is 6.68. The number of allylic oxidation sites excluding steroid dienone is 5. The molecule has 0 saturated heterocycles. The van der Waals surface area contributed by atoms with Crippen LogP contribution in [-0.2, 0) is 12.8 Å². The average Bonchev–Trinajstić information content (AvgIpc) is 3.11. The van der Waals surface area contributed by atoms with Gasteiger partial charge in [-0.25, -0.2) is 0 Å². The Bertz CT molecular complexity index is 1060. The maximum atomic E-state index is 4.40. The van der Waals surface area contributed by atoms with Crippen LogP contribution in [-0.4, -0.2) is 10.9 Å². The summed E-state index contributed by atoms with van der Waals surface area (Å²) >= 11 is 0. The van der Waals surface area contributed by atoms with Gasteiger partial charge in [0.2, 0.25) is 0 Å². The molecule has 2 aliphatic heterocycles. The molecule has 2 unspecified atom stereocenters. The minimum atomic E-state index is 0.278. The molecule has 1 aromatic carbocycles. The summed E-state index contributed by atoms with van der Waals surface area (Å²) in [5.41, 5.74) is 12.6. The van der Waals surface area contributed by atoms with E-state index in [4.69, 9.17) is 0 Å². The van der Waals surface area contributed by atoms with Crippen LogP contribution in [0, 0.1) is 5.41 Å². The topological polar surface area (TPSA) is 3.24 Å². The molecule has 0 aromatic heterocycles. The van der Waals surface area contributed by atoms with Crippen molar-refractivity contribution in [2.75, 3.05) is 0 Å². The highest BCUT2D eigenvalue weighted by Crippen LogP contribution is 2.56. The number of hydrogen-bond acceptors (Lipinski definition) is 1. The Morgan fingerprint density at radius 3 is 2.53 bits per heavy atom. The van der Waals surface area contributed by atoms with Gasteiger partial charge in [-0.3, -0.25) is 0 Å². The van der Waals surface area contributed by atoms with Gasteiger partial charge in [-0.05, 0) is 109 Å². The molecule has 34 heavy (non-hydrogen) atoms. The van der Waals surface area contributed by atoms with Crippen LogP contribution in [0.4, 0.5) is 0 Å². The summed E-state index contributed by atoms with van der Waals surface area (Å²) in [7, 11) is 0. The van der Waals surface area contributed by atoms with Crippen molar-refractivity contribution in [1.82, 2.24) is 4.90 Å². The first kappa shape index (κ1) is 24.8. The summed E-state index contributed by atoms with van der Waals surface area (Å²) in [6.07, 6.45) is 15.6. The van der Waals surface area contributed by atoms with Gasteiger partial charge in [0.15, 0.2) is 0 Å². The molecule has 2 heterocycles. The third-order valence-electron chi connectivity index (χ3n) is 8.50. The van der Waals surface area contributed by atoms with Gasteiger partial charge >= 0.3 is 0 Å². The molecule has 1 aliphatic carbocycles. The number of nitrogens with zero attached hydrogens (tertiary/aromatic N) is 1. The van der Waals surface area contributed by atoms with Crippen molar-refractivity contribution < 1.29 is 0 Å². The minimum Gasteiger partial charge on any atom is -0.343 e. The molecule has 0 N–H and O–H groups in total. The van der Waals surface area contributed by atoms with E-state index < -0.39 is 0 Å². The largest absolute Gasteiger partial charge is 0.343 e. The number of hydrogen-bond donors (Lipinski definition) is 0. The molecule has 1 nitrogen and oxygen atoms in total. The van der Waals surface area contributed by atoms with E-state index in [1.165, 1.54) is 79.3 Å². The van der Waals surface area contributed by atoms with Gasteiger partial charge in [-0.15, -0.1) is 0 Å². The molecule has 1 heteroatoms. The van der Waals surface area contributed by atoms with Gasteiger partial charge in [-0.2, -0.15) is 0 Å². The van der Waals surface area contributed by atoms with E-state index in [2.05, 4.69) is 83.7 Å². The lowest BCUT2D eigenvalue weighted by molar-refractivity contribution is 0.195. The van der Waals surface area contributed by atoms with Crippen LogP contribution in [0.5, 0.6) is 0 Å². The lowest BCUT2D eigenvalue weighted by atomic mass is 9.74. The van der Waals surface area contributed by atoms with Gasteiger partial charge in [0.1, 0.15) is 0 Å². The second kappa shape index (κ2) is 9.76. The van der Waals surface area contributed by atoms with Crippen LogP contribution < -0.4 is 0 Å². The number of fused-ring (bicyclic) bond motifs is 6. The molecule has 3 aliphatic rings. The molecule has 1 aromatic rings. The third-order valence-corrected chi connectivity index (χ3v) is 8.50. The zero-order valence-corrected chi connectivity index (χ0v) is 22.4. The van der Waals surface area contributed by atoms with Crippen molar-refractivity contribution in [1.29, 1.82) is 0 Å². The van der Waals surface area contributed by atoms with Crippen LogP contribution >= 0.6 is 0 Å². The molecule has 182 valence electrons. The molecule has 4 rings (SSSR count). The third kappa shape index (κ3) is 4.51. The van der Waals surface area contributed by atoms with Crippen molar-refractivity contribution >= 4 is 5.70 Å². The number of unbranched alkanes of at least 4 members (excludes halogenated alkanes) is 1. The van der Waals surface area contributed by atoms with Gasteiger partial charge in [0, 0.05) is 29.4 Å². The van der Waals surface area contributed by atoms with E-state index in [1.54, 1.807) is 11.1 Å². The fourth-order valence-corrected chi connectivity index (χ4v) is 6.68. The Balaban J connectivity index is 1.70. The number of rotatable bonds is 9. The molecule has 0 amide bonds. The van der Waals surface area contributed by atoms with Crippen LogP contribution in [0.1, 0.15) is 108 Å². The van der Waals surface area contributed by atoms with Crippen molar-refractivity contribution in [3.05, 3.63) is 88.7 Å². The molecule has 0 radical (unpaired) electrons. The highest BCUT2D eigenvalue weighted by Gasteiger charge is 2.50. The predicted molar refractivity (Wildman–Crippen MR) is 149 cm³/mol. The Labute approximate surface area is 209 Å². The molecule has 1 fully saturated rings. The predicted octanol–water partition coefficient (Wildman–Crippen LogP) is 9.28. The summed E-state index contributed by atoms with van der Waals surface area (Å²) in [6, 6.07) is 5.62. The van der Waals surface area contributed by atoms with Crippen molar-refractivity contribution in [2.45, 2.75) is 104 Å². The van der Waals surface area contributed by atoms with E-state index in [-0.39, 0.29) is 5.41 Å². The summed E-state index contributed by atoms with van der Waals surface area (Å²) in [4.78, 5) is 2.59.